The first-order valence-corrected chi connectivity index (χ1v) is 7.05. The van der Waals surface area contributed by atoms with Gasteiger partial charge in [0.15, 0.2) is 0 Å². The van der Waals surface area contributed by atoms with Crippen molar-refractivity contribution in [3.63, 3.8) is 0 Å². The van der Waals surface area contributed by atoms with Crippen LogP contribution in [0.15, 0.2) is 30.5 Å². The molecule has 0 radical (unpaired) electrons. The molecule has 1 heterocycles. The molecule has 0 saturated heterocycles. The Balaban J connectivity index is 1.82. The Morgan fingerprint density at radius 2 is 2.21 bits per heavy atom. The summed E-state index contributed by atoms with van der Waals surface area (Å²) >= 11 is 0. The van der Waals surface area contributed by atoms with Crippen molar-refractivity contribution in [1.29, 1.82) is 5.26 Å². The summed E-state index contributed by atoms with van der Waals surface area (Å²) in [7, 11) is 0. The fourth-order valence-corrected chi connectivity index (χ4v) is 2.54. The van der Waals surface area contributed by atoms with Crippen molar-refractivity contribution < 1.29 is 0 Å². The monoisotopic (exact) mass is 253 g/mol. The lowest BCUT2D eigenvalue weighted by molar-refractivity contribution is 0.661. The van der Waals surface area contributed by atoms with Gasteiger partial charge in [-0.05, 0) is 36.3 Å². The largest absolute Gasteiger partial charge is 0.347 e. The van der Waals surface area contributed by atoms with Gasteiger partial charge in [0.2, 0.25) is 0 Å². The Bertz CT molecular complexity index is 602. The highest BCUT2D eigenvalue weighted by molar-refractivity contribution is 5.83. The van der Waals surface area contributed by atoms with Gasteiger partial charge in [-0.2, -0.15) is 5.26 Å². The van der Waals surface area contributed by atoms with Crippen LogP contribution in [0.5, 0.6) is 0 Å². The summed E-state index contributed by atoms with van der Waals surface area (Å²) in [6, 6.07) is 11.6. The molecule has 0 bridgehead atoms. The molecule has 1 N–H and O–H groups in total. The van der Waals surface area contributed by atoms with Gasteiger partial charge >= 0.3 is 0 Å². The Kier molecular flexibility index (Phi) is 3.52. The van der Waals surface area contributed by atoms with Crippen LogP contribution in [0.1, 0.15) is 31.2 Å². The zero-order valence-corrected chi connectivity index (χ0v) is 11.1. The average Bonchev–Trinajstić information content (AvgIpc) is 3.17. The summed E-state index contributed by atoms with van der Waals surface area (Å²) in [5.74, 6) is 0. The number of nitriles is 1. The van der Waals surface area contributed by atoms with E-state index in [1.165, 1.54) is 29.3 Å². The van der Waals surface area contributed by atoms with E-state index in [2.05, 4.69) is 46.4 Å². The number of aromatic nitrogens is 1. The van der Waals surface area contributed by atoms with Crippen LogP contribution in [0.25, 0.3) is 10.9 Å². The molecule has 1 aliphatic rings. The molecule has 98 valence electrons. The zero-order valence-electron chi connectivity index (χ0n) is 11.1. The van der Waals surface area contributed by atoms with Crippen LogP contribution in [0, 0.1) is 11.3 Å². The molecule has 1 aliphatic carbocycles. The molecule has 0 unspecified atom stereocenters. The molecule has 3 heteroatoms. The molecule has 0 aliphatic heterocycles. The highest BCUT2D eigenvalue weighted by Gasteiger charge is 2.20. The van der Waals surface area contributed by atoms with Gasteiger partial charge in [0.1, 0.15) is 0 Å². The molecule has 3 rings (SSSR count). The van der Waals surface area contributed by atoms with Crippen LogP contribution < -0.4 is 5.32 Å². The van der Waals surface area contributed by atoms with E-state index in [0.29, 0.717) is 6.42 Å². The zero-order chi connectivity index (χ0) is 13.1. The van der Waals surface area contributed by atoms with Crippen molar-refractivity contribution in [2.45, 2.75) is 44.8 Å². The third-order valence-corrected chi connectivity index (χ3v) is 3.72. The van der Waals surface area contributed by atoms with E-state index in [0.717, 1.165) is 25.6 Å². The molecule has 3 nitrogen and oxygen atoms in total. The number of benzene rings is 1. The van der Waals surface area contributed by atoms with Gasteiger partial charge in [-0.3, -0.25) is 0 Å². The molecule has 2 aromatic rings. The van der Waals surface area contributed by atoms with Gasteiger partial charge in [0, 0.05) is 31.7 Å². The lowest BCUT2D eigenvalue weighted by atomic mass is 10.1. The number of unbranched alkanes of at least 4 members (excludes halogenated alkanes) is 1. The third kappa shape index (κ3) is 2.80. The number of rotatable bonds is 6. The Labute approximate surface area is 113 Å². The van der Waals surface area contributed by atoms with Gasteiger partial charge in [-0.25, -0.2) is 0 Å². The Morgan fingerprint density at radius 1 is 1.32 bits per heavy atom. The predicted octanol–water partition coefficient (Wildman–Crippen LogP) is 3.20. The van der Waals surface area contributed by atoms with Gasteiger partial charge in [-0.15, -0.1) is 0 Å². The quantitative estimate of drug-likeness (QED) is 0.803. The topological polar surface area (TPSA) is 40.8 Å². The second-order valence-corrected chi connectivity index (χ2v) is 5.28. The predicted molar refractivity (Wildman–Crippen MR) is 76.6 cm³/mol. The maximum absolute atomic E-state index is 8.65. The van der Waals surface area contributed by atoms with E-state index < -0.39 is 0 Å². The summed E-state index contributed by atoms with van der Waals surface area (Å²) in [5.41, 5.74) is 2.69. The maximum Gasteiger partial charge on any atom is 0.0622 e. The molecule has 0 atom stereocenters. The summed E-state index contributed by atoms with van der Waals surface area (Å²) in [6.45, 7) is 1.88. The Morgan fingerprint density at radius 3 is 3.00 bits per heavy atom. The van der Waals surface area contributed by atoms with Crippen LogP contribution in [-0.4, -0.2) is 10.6 Å². The summed E-state index contributed by atoms with van der Waals surface area (Å²) in [5, 5.41) is 13.5. The number of nitrogens with one attached hydrogen (secondary N) is 1. The van der Waals surface area contributed by atoms with Gasteiger partial charge in [0.05, 0.1) is 11.6 Å². The van der Waals surface area contributed by atoms with E-state index in [-0.39, 0.29) is 0 Å². The van der Waals surface area contributed by atoms with E-state index in [4.69, 9.17) is 5.26 Å². The van der Waals surface area contributed by atoms with Crippen LogP contribution in [-0.2, 0) is 13.1 Å². The molecule has 1 aromatic carbocycles. The molecule has 1 saturated carbocycles. The minimum atomic E-state index is 0.627. The smallest absolute Gasteiger partial charge is 0.0622 e. The van der Waals surface area contributed by atoms with Crippen molar-refractivity contribution >= 4 is 10.9 Å². The number of fused-ring (bicyclic) bond motifs is 1. The lowest BCUT2D eigenvalue weighted by Gasteiger charge is -2.10. The molecule has 0 amide bonds. The maximum atomic E-state index is 8.65. The van der Waals surface area contributed by atoms with Gasteiger partial charge in [-0.1, -0.05) is 18.2 Å². The minimum Gasteiger partial charge on any atom is -0.347 e. The molecule has 1 fully saturated rings. The van der Waals surface area contributed by atoms with Crippen molar-refractivity contribution in [2.75, 3.05) is 0 Å². The van der Waals surface area contributed by atoms with Crippen LogP contribution in [0.4, 0.5) is 0 Å². The number of nitrogens with zero attached hydrogens (tertiary/aromatic N) is 2. The highest BCUT2D eigenvalue weighted by atomic mass is 15.0. The molecular weight excluding hydrogens is 234 g/mol. The van der Waals surface area contributed by atoms with Crippen molar-refractivity contribution in [3.05, 3.63) is 36.0 Å². The summed E-state index contributed by atoms with van der Waals surface area (Å²) in [4.78, 5) is 0. The number of hydrogen-bond acceptors (Lipinski definition) is 2. The highest BCUT2D eigenvalue weighted by Crippen LogP contribution is 2.23. The lowest BCUT2D eigenvalue weighted by Crippen LogP contribution is -2.16. The number of para-hydroxylation sites is 1. The third-order valence-electron chi connectivity index (χ3n) is 3.72. The summed E-state index contributed by atoms with van der Waals surface area (Å²) < 4.78 is 2.29. The van der Waals surface area contributed by atoms with Gasteiger partial charge < -0.3 is 9.88 Å². The van der Waals surface area contributed by atoms with Crippen molar-refractivity contribution in [2.24, 2.45) is 0 Å². The molecule has 19 heavy (non-hydrogen) atoms. The molecule has 0 spiro atoms. The first kappa shape index (κ1) is 12.3. The van der Waals surface area contributed by atoms with E-state index >= 15 is 0 Å². The number of hydrogen-bond donors (Lipinski definition) is 1. The second-order valence-electron chi connectivity index (χ2n) is 5.28. The first-order valence-electron chi connectivity index (χ1n) is 7.05. The molecular formula is C16H19N3. The van der Waals surface area contributed by atoms with Crippen molar-refractivity contribution in [1.82, 2.24) is 9.88 Å². The fraction of sp³-hybridized carbons (Fsp3) is 0.438. The molecule has 1 aromatic heterocycles. The Hall–Kier alpha value is -1.79. The normalized spacial score (nSPS) is 14.7. The van der Waals surface area contributed by atoms with Gasteiger partial charge in [0.25, 0.3) is 0 Å². The second kappa shape index (κ2) is 5.46. The fourth-order valence-electron chi connectivity index (χ4n) is 2.54. The van der Waals surface area contributed by atoms with Crippen LogP contribution in [0.3, 0.4) is 0 Å². The van der Waals surface area contributed by atoms with Crippen LogP contribution >= 0.6 is 0 Å². The van der Waals surface area contributed by atoms with E-state index in [1.807, 2.05) is 0 Å². The number of aryl methyl sites for hydroxylation is 1. The van der Waals surface area contributed by atoms with E-state index in [9.17, 15) is 0 Å². The van der Waals surface area contributed by atoms with E-state index in [1.54, 1.807) is 0 Å². The van der Waals surface area contributed by atoms with Crippen LogP contribution in [0.2, 0.25) is 0 Å². The average molecular weight is 253 g/mol. The standard InChI is InChI=1S/C16H19N3/c17-9-1-2-10-19-11-8-13-4-3-5-14(16(13)19)12-18-15-6-7-15/h3-5,8,11,15,18H,1-2,6-7,10,12H2. The first-order chi connectivity index (χ1) is 9.38. The van der Waals surface area contributed by atoms with Crippen molar-refractivity contribution in [3.8, 4) is 6.07 Å². The minimum absolute atomic E-state index is 0.627. The SMILES string of the molecule is N#CCCCn1ccc2cccc(CNC3CC3)c21. The summed E-state index contributed by atoms with van der Waals surface area (Å²) in [6.07, 6.45) is 6.33.